The molecule has 1 aliphatic heterocycles. The van der Waals surface area contributed by atoms with Gasteiger partial charge in [0.1, 0.15) is 0 Å². The Morgan fingerprint density at radius 1 is 1.04 bits per heavy atom. The Balaban J connectivity index is 2.03. The molecule has 2 aromatic carbocycles. The number of rotatable bonds is 4. The van der Waals surface area contributed by atoms with Gasteiger partial charge in [0.2, 0.25) is 9.84 Å². The molecule has 0 fully saturated rings. The molecule has 0 amide bonds. The quantitative estimate of drug-likeness (QED) is 0.680. The summed E-state index contributed by atoms with van der Waals surface area (Å²) in [6.45, 7) is 5.23. The fourth-order valence-corrected chi connectivity index (χ4v) is 5.56. The molecule has 25 heavy (non-hydrogen) atoms. The van der Waals surface area contributed by atoms with Crippen LogP contribution in [0.1, 0.15) is 12.5 Å². The molecule has 1 heterocycles. The van der Waals surface area contributed by atoms with E-state index in [2.05, 4.69) is 52.0 Å². The van der Waals surface area contributed by atoms with Gasteiger partial charge in [-0.25, -0.2) is 8.42 Å². The molecule has 3 rings (SSSR count). The minimum absolute atomic E-state index is 0.170. The molecule has 0 radical (unpaired) electrons. The Morgan fingerprint density at radius 3 is 2.28 bits per heavy atom. The molecule has 0 bridgehead atoms. The highest BCUT2D eigenvalue weighted by molar-refractivity contribution is 9.09. The summed E-state index contributed by atoms with van der Waals surface area (Å²) in [5, 5.41) is 0.745. The Hall–Kier alpha value is -1.59. The van der Waals surface area contributed by atoms with Crippen molar-refractivity contribution in [2.45, 2.75) is 18.7 Å². The molecule has 0 aliphatic carbocycles. The molecule has 5 heteroatoms. The lowest BCUT2D eigenvalue weighted by molar-refractivity contribution is 0.586. The third kappa shape index (κ3) is 3.67. The molecule has 0 N–H and O–H groups in total. The monoisotopic (exact) mass is 419 g/mol. The predicted octanol–water partition coefficient (Wildman–Crippen LogP) is 4.57. The lowest BCUT2D eigenvalue weighted by Gasteiger charge is -2.36. The molecule has 0 spiro atoms. The topological polar surface area (TPSA) is 37.4 Å². The predicted molar refractivity (Wildman–Crippen MR) is 107 cm³/mol. The van der Waals surface area contributed by atoms with Gasteiger partial charge in [0.25, 0.3) is 0 Å². The summed E-state index contributed by atoms with van der Waals surface area (Å²) in [7, 11) is -3.49. The zero-order valence-corrected chi connectivity index (χ0v) is 16.8. The number of sulfone groups is 1. The van der Waals surface area contributed by atoms with Gasteiger partial charge in [-0.15, -0.1) is 0 Å². The van der Waals surface area contributed by atoms with Gasteiger partial charge in [-0.2, -0.15) is 0 Å². The number of alkyl halides is 1. The molecule has 0 aromatic heterocycles. The van der Waals surface area contributed by atoms with Crippen LogP contribution in [0, 0.1) is 12.8 Å². The Morgan fingerprint density at radius 2 is 1.68 bits per heavy atom. The summed E-state index contributed by atoms with van der Waals surface area (Å²) in [5.41, 5.74) is 3.22. The van der Waals surface area contributed by atoms with Gasteiger partial charge in [-0.05, 0) is 38.1 Å². The van der Waals surface area contributed by atoms with E-state index in [0.717, 1.165) is 23.1 Å². The van der Waals surface area contributed by atoms with Crippen LogP contribution in [0.5, 0.6) is 0 Å². The molecule has 3 nitrogen and oxygen atoms in total. The van der Waals surface area contributed by atoms with Crippen molar-refractivity contribution < 1.29 is 8.42 Å². The van der Waals surface area contributed by atoms with E-state index in [1.165, 1.54) is 5.56 Å². The second-order valence-electron chi connectivity index (χ2n) is 6.49. The van der Waals surface area contributed by atoms with Gasteiger partial charge in [-0.1, -0.05) is 57.4 Å². The minimum Gasteiger partial charge on any atom is -0.366 e. The van der Waals surface area contributed by atoms with Gasteiger partial charge in [0, 0.05) is 23.5 Å². The number of aryl methyl sites for hydroxylation is 1. The SMILES string of the molecule is CC1=C(S(=O)(=O)c2ccccc2)CN(c2ccc(C)cc2)CC1CBr. The summed E-state index contributed by atoms with van der Waals surface area (Å²) in [6.07, 6.45) is 0. The maximum absolute atomic E-state index is 13.2. The minimum atomic E-state index is -3.49. The van der Waals surface area contributed by atoms with E-state index in [0.29, 0.717) is 16.3 Å². The second kappa shape index (κ2) is 7.34. The van der Waals surface area contributed by atoms with Crippen LogP contribution in [-0.4, -0.2) is 26.8 Å². The van der Waals surface area contributed by atoms with E-state index in [1.54, 1.807) is 24.3 Å². The van der Waals surface area contributed by atoms with Crippen LogP contribution >= 0.6 is 15.9 Å². The van der Waals surface area contributed by atoms with Crippen molar-refractivity contribution in [2.24, 2.45) is 5.92 Å². The summed E-state index contributed by atoms with van der Waals surface area (Å²) >= 11 is 3.56. The summed E-state index contributed by atoms with van der Waals surface area (Å²) < 4.78 is 26.4. The lowest BCUT2D eigenvalue weighted by atomic mass is 9.97. The first-order chi connectivity index (χ1) is 11.9. The van der Waals surface area contributed by atoms with E-state index in [1.807, 2.05) is 13.0 Å². The highest BCUT2D eigenvalue weighted by Gasteiger charge is 2.32. The highest BCUT2D eigenvalue weighted by Crippen LogP contribution is 2.33. The molecule has 132 valence electrons. The number of nitrogens with zero attached hydrogens (tertiary/aromatic N) is 1. The Kier molecular flexibility index (Phi) is 5.35. The number of hydrogen-bond donors (Lipinski definition) is 0. The van der Waals surface area contributed by atoms with Gasteiger partial charge in [0.15, 0.2) is 0 Å². The maximum atomic E-state index is 13.2. The fourth-order valence-electron chi connectivity index (χ4n) is 3.15. The molecular weight excluding hydrogens is 398 g/mol. The molecule has 1 atom stereocenters. The van der Waals surface area contributed by atoms with Gasteiger partial charge < -0.3 is 4.90 Å². The summed E-state index contributed by atoms with van der Waals surface area (Å²) in [5.74, 6) is 0.170. The molecule has 0 saturated heterocycles. The van der Waals surface area contributed by atoms with Crippen LogP contribution in [0.4, 0.5) is 5.69 Å². The van der Waals surface area contributed by atoms with Crippen LogP contribution in [-0.2, 0) is 9.84 Å². The molecule has 0 saturated carbocycles. The van der Waals surface area contributed by atoms with Gasteiger partial charge in [-0.3, -0.25) is 0 Å². The van der Waals surface area contributed by atoms with Crippen LogP contribution in [0.2, 0.25) is 0 Å². The van der Waals surface area contributed by atoms with E-state index >= 15 is 0 Å². The highest BCUT2D eigenvalue weighted by atomic mass is 79.9. The van der Waals surface area contributed by atoms with Crippen LogP contribution in [0.3, 0.4) is 0 Å². The zero-order chi connectivity index (χ0) is 18.0. The Bertz CT molecular complexity index is 874. The van der Waals surface area contributed by atoms with Crippen LogP contribution < -0.4 is 4.90 Å². The first kappa shape index (κ1) is 18.2. The van der Waals surface area contributed by atoms with Crippen molar-refractivity contribution in [2.75, 3.05) is 23.3 Å². The van der Waals surface area contributed by atoms with E-state index in [4.69, 9.17) is 0 Å². The van der Waals surface area contributed by atoms with Gasteiger partial charge >= 0.3 is 0 Å². The van der Waals surface area contributed by atoms with Crippen molar-refractivity contribution in [1.82, 2.24) is 0 Å². The van der Waals surface area contributed by atoms with Crippen molar-refractivity contribution in [3.8, 4) is 0 Å². The lowest BCUT2D eigenvalue weighted by Crippen LogP contribution is -2.39. The maximum Gasteiger partial charge on any atom is 0.204 e. The molecular formula is C20H22BrNO2S. The van der Waals surface area contributed by atoms with Crippen molar-refractivity contribution in [3.63, 3.8) is 0 Å². The van der Waals surface area contributed by atoms with E-state index in [-0.39, 0.29) is 5.92 Å². The van der Waals surface area contributed by atoms with Crippen molar-refractivity contribution in [3.05, 3.63) is 70.6 Å². The van der Waals surface area contributed by atoms with E-state index in [9.17, 15) is 8.42 Å². The van der Waals surface area contributed by atoms with E-state index < -0.39 is 9.84 Å². The molecule has 2 aromatic rings. The average molecular weight is 420 g/mol. The van der Waals surface area contributed by atoms with Gasteiger partial charge in [0.05, 0.1) is 16.3 Å². The Labute approximate surface area is 158 Å². The standard InChI is InChI=1S/C20H22BrNO2S/c1-15-8-10-18(11-9-15)22-13-17(12-21)16(2)20(14-22)25(23,24)19-6-4-3-5-7-19/h3-11,17H,12-14H2,1-2H3. The first-order valence-electron chi connectivity index (χ1n) is 8.31. The number of halogens is 1. The van der Waals surface area contributed by atoms with Crippen LogP contribution in [0.25, 0.3) is 0 Å². The second-order valence-corrected chi connectivity index (χ2v) is 9.11. The third-order valence-electron chi connectivity index (χ3n) is 4.79. The summed E-state index contributed by atoms with van der Waals surface area (Å²) in [6, 6.07) is 17.0. The third-order valence-corrected chi connectivity index (χ3v) is 7.56. The number of anilines is 1. The smallest absolute Gasteiger partial charge is 0.204 e. The normalized spacial score (nSPS) is 18.5. The van der Waals surface area contributed by atoms with Crippen molar-refractivity contribution in [1.29, 1.82) is 0 Å². The van der Waals surface area contributed by atoms with Crippen molar-refractivity contribution >= 4 is 31.5 Å². The zero-order valence-electron chi connectivity index (χ0n) is 14.4. The fraction of sp³-hybridized carbons (Fsp3) is 0.300. The molecule has 1 unspecified atom stereocenters. The summed E-state index contributed by atoms with van der Waals surface area (Å²) in [4.78, 5) is 3.05. The first-order valence-corrected chi connectivity index (χ1v) is 10.9. The number of benzene rings is 2. The molecule has 1 aliphatic rings. The largest absolute Gasteiger partial charge is 0.366 e. The number of hydrogen-bond acceptors (Lipinski definition) is 3. The van der Waals surface area contributed by atoms with Crippen LogP contribution in [0.15, 0.2) is 70.0 Å². The average Bonchev–Trinajstić information content (AvgIpc) is 2.63.